The summed E-state index contributed by atoms with van der Waals surface area (Å²) >= 11 is 0. The van der Waals surface area contributed by atoms with E-state index in [1.54, 1.807) is 13.1 Å². The van der Waals surface area contributed by atoms with E-state index in [4.69, 9.17) is 4.52 Å². The maximum atomic E-state index is 9.80. The number of benzene rings is 1. The predicted molar refractivity (Wildman–Crippen MR) is 119 cm³/mol. The number of hydrogen-bond acceptors (Lipinski definition) is 6. The topological polar surface area (TPSA) is 87.5 Å². The van der Waals surface area contributed by atoms with Crippen molar-refractivity contribution in [1.29, 1.82) is 0 Å². The molecule has 0 bridgehead atoms. The predicted octanol–water partition coefficient (Wildman–Crippen LogP) is 2.55. The van der Waals surface area contributed by atoms with Crippen LogP contribution in [0.4, 0.5) is 0 Å². The molecule has 2 N–H and O–H groups in total. The summed E-state index contributed by atoms with van der Waals surface area (Å²) in [5.74, 6) is 9.90. The zero-order valence-corrected chi connectivity index (χ0v) is 18.3. The van der Waals surface area contributed by atoms with Gasteiger partial charge in [-0.15, -0.1) is 0 Å². The molecule has 0 radical (unpaired) electrons. The van der Waals surface area contributed by atoms with Crippen LogP contribution >= 0.6 is 0 Å². The molecule has 1 saturated heterocycles. The van der Waals surface area contributed by atoms with Crippen molar-refractivity contribution in [1.82, 2.24) is 19.6 Å². The molecule has 166 valence electrons. The molecule has 3 aromatic rings. The Hall–Kier alpha value is -2.92. The van der Waals surface area contributed by atoms with Crippen molar-refractivity contribution in [3.8, 4) is 23.1 Å². The normalized spacial score (nSPS) is 23.9. The van der Waals surface area contributed by atoms with Crippen molar-refractivity contribution >= 4 is 0 Å². The van der Waals surface area contributed by atoms with Crippen LogP contribution in [-0.2, 0) is 6.54 Å². The van der Waals surface area contributed by atoms with E-state index < -0.39 is 6.10 Å². The molecule has 1 aliphatic carbocycles. The molecule has 5 atom stereocenters. The number of likely N-dealkylation sites (tertiary alicyclic amines) is 1. The minimum Gasteiger partial charge on any atom is -0.392 e. The van der Waals surface area contributed by atoms with Crippen molar-refractivity contribution in [2.75, 3.05) is 19.6 Å². The average molecular weight is 433 g/mol. The van der Waals surface area contributed by atoms with E-state index in [0.717, 1.165) is 36.5 Å². The summed E-state index contributed by atoms with van der Waals surface area (Å²) in [5.41, 5.74) is 2.75. The van der Waals surface area contributed by atoms with E-state index in [9.17, 15) is 10.2 Å². The van der Waals surface area contributed by atoms with Gasteiger partial charge in [-0.25, -0.2) is 4.98 Å². The highest BCUT2D eigenvalue weighted by atomic mass is 16.5. The fraction of sp³-hybridized carbons (Fsp3) is 0.440. The second kappa shape index (κ2) is 8.55. The van der Waals surface area contributed by atoms with Gasteiger partial charge in [-0.2, -0.15) is 0 Å². The molecule has 0 spiro atoms. The zero-order valence-electron chi connectivity index (χ0n) is 18.3. The third kappa shape index (κ3) is 4.35. The highest BCUT2D eigenvalue weighted by Gasteiger charge is 2.54. The van der Waals surface area contributed by atoms with Gasteiger partial charge < -0.3 is 24.2 Å². The lowest BCUT2D eigenvalue weighted by atomic mass is 10.1. The first kappa shape index (κ1) is 21.0. The third-order valence-corrected chi connectivity index (χ3v) is 6.36. The molecule has 7 nitrogen and oxygen atoms in total. The fourth-order valence-electron chi connectivity index (χ4n) is 4.76. The van der Waals surface area contributed by atoms with Crippen LogP contribution in [0.5, 0.6) is 0 Å². The van der Waals surface area contributed by atoms with Crippen LogP contribution < -0.4 is 0 Å². The molecule has 3 heterocycles. The molecule has 32 heavy (non-hydrogen) atoms. The van der Waals surface area contributed by atoms with Gasteiger partial charge in [0.05, 0.1) is 12.6 Å². The number of aliphatic hydroxyl groups is 2. The molecule has 1 aromatic carbocycles. The Bertz CT molecular complexity index is 1120. The number of aliphatic hydroxyl groups excluding tert-OH is 2. The van der Waals surface area contributed by atoms with Crippen LogP contribution in [0, 0.1) is 29.6 Å². The van der Waals surface area contributed by atoms with Crippen molar-refractivity contribution in [3.63, 3.8) is 0 Å². The number of nitrogens with zero attached hydrogens (tertiary/aromatic N) is 4. The molecule has 7 heteroatoms. The van der Waals surface area contributed by atoms with Gasteiger partial charge in [0.2, 0.25) is 0 Å². The Morgan fingerprint density at radius 1 is 1.16 bits per heavy atom. The first-order valence-electron chi connectivity index (χ1n) is 11.1. The van der Waals surface area contributed by atoms with Gasteiger partial charge in [-0.1, -0.05) is 29.1 Å². The average Bonchev–Trinajstić information content (AvgIpc) is 3.24. The Morgan fingerprint density at radius 3 is 2.59 bits per heavy atom. The molecule has 1 unspecified atom stereocenters. The maximum Gasteiger partial charge on any atom is 0.157 e. The molecule has 2 fully saturated rings. The lowest BCUT2D eigenvalue weighted by molar-refractivity contribution is 0.132. The van der Waals surface area contributed by atoms with Crippen molar-refractivity contribution in [2.45, 2.75) is 32.6 Å². The van der Waals surface area contributed by atoms with E-state index in [1.165, 1.54) is 0 Å². The smallest absolute Gasteiger partial charge is 0.157 e. The second-order valence-corrected chi connectivity index (χ2v) is 9.04. The lowest BCUT2D eigenvalue weighted by Gasteiger charge is -2.19. The summed E-state index contributed by atoms with van der Waals surface area (Å²) in [7, 11) is 0. The summed E-state index contributed by atoms with van der Waals surface area (Å²) in [6, 6.07) is 9.99. The van der Waals surface area contributed by atoms with Crippen molar-refractivity contribution in [2.24, 2.45) is 17.8 Å². The maximum absolute atomic E-state index is 9.80. The lowest BCUT2D eigenvalue weighted by Crippen LogP contribution is -2.31. The summed E-state index contributed by atoms with van der Waals surface area (Å²) in [4.78, 5) is 6.52. The van der Waals surface area contributed by atoms with Crippen LogP contribution in [0.3, 0.4) is 0 Å². The van der Waals surface area contributed by atoms with E-state index >= 15 is 0 Å². The molecule has 1 saturated carbocycles. The van der Waals surface area contributed by atoms with Crippen molar-refractivity contribution in [3.05, 3.63) is 59.9 Å². The number of β-amino-alcohol motifs (C(OH)–C–C–N with tert-alkyl or cyclic N) is 1. The van der Waals surface area contributed by atoms with Crippen molar-refractivity contribution < 1.29 is 14.7 Å². The molecular formula is C25H28N4O3. The summed E-state index contributed by atoms with van der Waals surface area (Å²) in [6.07, 6.45) is 2.58. The van der Waals surface area contributed by atoms with Gasteiger partial charge >= 0.3 is 0 Å². The van der Waals surface area contributed by atoms with Gasteiger partial charge in [0.25, 0.3) is 0 Å². The quantitative estimate of drug-likeness (QED) is 0.582. The number of aromatic nitrogens is 3. The first-order valence-corrected chi connectivity index (χ1v) is 11.1. The molecule has 2 aliphatic rings. The third-order valence-electron chi connectivity index (χ3n) is 6.36. The molecule has 0 amide bonds. The van der Waals surface area contributed by atoms with E-state index in [-0.39, 0.29) is 6.10 Å². The summed E-state index contributed by atoms with van der Waals surface area (Å²) in [6.45, 7) is 6.88. The van der Waals surface area contributed by atoms with E-state index in [1.807, 2.05) is 48.0 Å². The SMILES string of the molecule is CC(O)CN1C[C@@H]2[C@@H](C#Cc3ccc(-c4cc(Cn5ccnc5[C@H](C)O)on4)cc3)[C@@H]2C1. The summed E-state index contributed by atoms with van der Waals surface area (Å²) in [5, 5.41) is 23.5. The van der Waals surface area contributed by atoms with Gasteiger partial charge in [0, 0.05) is 55.1 Å². The van der Waals surface area contributed by atoms with Gasteiger partial charge in [0.1, 0.15) is 17.6 Å². The van der Waals surface area contributed by atoms with Crippen LogP contribution in [-0.4, -0.2) is 55.6 Å². The van der Waals surface area contributed by atoms with Gasteiger partial charge in [0.15, 0.2) is 5.76 Å². The number of piperidine rings is 1. The Labute approximate surface area is 187 Å². The van der Waals surface area contributed by atoms with Crippen LogP contribution in [0.2, 0.25) is 0 Å². The largest absolute Gasteiger partial charge is 0.392 e. The molecular weight excluding hydrogens is 404 g/mol. The Morgan fingerprint density at radius 2 is 1.91 bits per heavy atom. The highest BCUT2D eigenvalue weighted by Crippen LogP contribution is 2.51. The first-order chi connectivity index (χ1) is 15.5. The number of fused-ring (bicyclic) bond motifs is 1. The second-order valence-electron chi connectivity index (χ2n) is 9.04. The number of rotatable bonds is 6. The van der Waals surface area contributed by atoms with Crippen LogP contribution in [0.15, 0.2) is 47.2 Å². The monoisotopic (exact) mass is 432 g/mol. The fourth-order valence-corrected chi connectivity index (χ4v) is 4.76. The van der Waals surface area contributed by atoms with Crippen LogP contribution in [0.1, 0.15) is 37.1 Å². The van der Waals surface area contributed by atoms with Gasteiger partial charge in [-0.3, -0.25) is 0 Å². The molecule has 2 aromatic heterocycles. The minimum atomic E-state index is -0.639. The van der Waals surface area contributed by atoms with E-state index in [0.29, 0.717) is 35.9 Å². The summed E-state index contributed by atoms with van der Waals surface area (Å²) < 4.78 is 7.34. The van der Waals surface area contributed by atoms with Gasteiger partial charge in [-0.05, 0) is 37.8 Å². The minimum absolute atomic E-state index is 0.260. The molecule has 5 rings (SSSR count). The highest BCUT2D eigenvalue weighted by molar-refractivity contribution is 5.60. The Kier molecular flexibility index (Phi) is 5.60. The van der Waals surface area contributed by atoms with Crippen LogP contribution in [0.25, 0.3) is 11.3 Å². The standard InChI is InChI=1S/C25H28N4O3/c1-16(30)12-28-14-22-21(23(22)15-28)8-5-18-3-6-19(7-4-18)24-11-20(32-27-24)13-29-10-9-26-25(29)17(2)31/h3-4,6-7,9-11,16-17,21-23,30-31H,12-15H2,1-2H3/t16?,17-,21-,22-,23+/m0/s1. The number of imidazole rings is 1. The Balaban J connectivity index is 1.19. The van der Waals surface area contributed by atoms with E-state index in [2.05, 4.69) is 26.9 Å². The zero-order chi connectivity index (χ0) is 22.2. The molecule has 1 aliphatic heterocycles. The number of hydrogen-bond donors (Lipinski definition) is 2.